The summed E-state index contributed by atoms with van der Waals surface area (Å²) in [5.41, 5.74) is 1.20. The molecule has 0 radical (unpaired) electrons. The smallest absolute Gasteiger partial charge is 0.211 e. The highest BCUT2D eigenvalue weighted by Gasteiger charge is 2.38. The van der Waals surface area contributed by atoms with Gasteiger partial charge in [0, 0.05) is 38.6 Å². The Labute approximate surface area is 138 Å². The average Bonchev–Trinajstić information content (AvgIpc) is 2.75. The van der Waals surface area contributed by atoms with Crippen molar-refractivity contribution in [2.75, 3.05) is 46.2 Å². The Morgan fingerprint density at radius 1 is 1.30 bits per heavy atom. The Kier molecular flexibility index (Phi) is 4.91. The summed E-state index contributed by atoms with van der Waals surface area (Å²) in [6, 6.07) is 8.05. The third-order valence-electron chi connectivity index (χ3n) is 4.58. The maximum Gasteiger partial charge on any atom is 0.211 e. The van der Waals surface area contributed by atoms with E-state index in [2.05, 4.69) is 11.0 Å². The molecule has 2 atom stereocenters. The summed E-state index contributed by atoms with van der Waals surface area (Å²) in [4.78, 5) is 2.33. The number of sulfonamides is 1. The molecule has 6 nitrogen and oxygen atoms in total. The van der Waals surface area contributed by atoms with Gasteiger partial charge in [-0.25, -0.2) is 8.42 Å². The molecule has 2 fully saturated rings. The minimum absolute atomic E-state index is 0.118. The van der Waals surface area contributed by atoms with Crippen molar-refractivity contribution in [1.82, 2.24) is 9.21 Å². The summed E-state index contributed by atoms with van der Waals surface area (Å²) >= 11 is 0. The van der Waals surface area contributed by atoms with Gasteiger partial charge in [0.2, 0.25) is 10.0 Å². The predicted molar refractivity (Wildman–Crippen MR) is 87.9 cm³/mol. The second-order valence-electron chi connectivity index (χ2n) is 6.34. The van der Waals surface area contributed by atoms with Crippen LogP contribution in [0.25, 0.3) is 0 Å². The zero-order valence-corrected chi connectivity index (χ0v) is 14.5. The van der Waals surface area contributed by atoms with Crippen LogP contribution in [0.15, 0.2) is 24.3 Å². The molecule has 2 aliphatic rings. The number of likely N-dealkylation sites (tertiary alicyclic amines) is 1. The van der Waals surface area contributed by atoms with Gasteiger partial charge >= 0.3 is 0 Å². The van der Waals surface area contributed by atoms with Crippen LogP contribution < -0.4 is 4.74 Å². The highest BCUT2D eigenvalue weighted by atomic mass is 32.2. The summed E-state index contributed by atoms with van der Waals surface area (Å²) in [7, 11) is -1.49. The van der Waals surface area contributed by atoms with E-state index in [0.29, 0.717) is 19.7 Å². The molecule has 2 saturated heterocycles. The van der Waals surface area contributed by atoms with Gasteiger partial charge < -0.3 is 9.47 Å². The van der Waals surface area contributed by atoms with Crippen molar-refractivity contribution in [3.63, 3.8) is 0 Å². The van der Waals surface area contributed by atoms with E-state index in [9.17, 15) is 8.42 Å². The van der Waals surface area contributed by atoms with Crippen LogP contribution in [0.2, 0.25) is 0 Å². The monoisotopic (exact) mass is 340 g/mol. The van der Waals surface area contributed by atoms with Crippen LogP contribution in [0.5, 0.6) is 5.75 Å². The molecule has 0 unspecified atom stereocenters. The van der Waals surface area contributed by atoms with E-state index in [1.54, 1.807) is 11.4 Å². The standard InChI is InChI=1S/C16H24N2O4S/c1-21-15-5-3-4-13(8-15)9-17-10-14-11-18(23(2,19)20)6-7-22-16(14)12-17/h3-5,8,14,16H,6-7,9-12H2,1-2H3/t14-,16-/m1/s1. The van der Waals surface area contributed by atoms with Gasteiger partial charge in [0.1, 0.15) is 5.75 Å². The number of methoxy groups -OCH3 is 1. The summed E-state index contributed by atoms with van der Waals surface area (Å²) in [6.45, 7) is 4.01. The molecule has 128 valence electrons. The van der Waals surface area contributed by atoms with Gasteiger partial charge in [-0.15, -0.1) is 0 Å². The van der Waals surface area contributed by atoms with Gasteiger partial charge in [-0.3, -0.25) is 4.90 Å². The zero-order chi connectivity index (χ0) is 16.4. The molecule has 23 heavy (non-hydrogen) atoms. The van der Waals surface area contributed by atoms with Gasteiger partial charge in [0.25, 0.3) is 0 Å². The second-order valence-corrected chi connectivity index (χ2v) is 8.32. The van der Waals surface area contributed by atoms with Gasteiger partial charge in [0.15, 0.2) is 0 Å². The van der Waals surface area contributed by atoms with E-state index in [1.807, 2.05) is 18.2 Å². The summed E-state index contributed by atoms with van der Waals surface area (Å²) in [5.74, 6) is 1.09. The molecule has 0 N–H and O–H groups in total. The maximum absolute atomic E-state index is 11.8. The normalized spacial score (nSPS) is 26.7. The summed E-state index contributed by atoms with van der Waals surface area (Å²) in [6.07, 6.45) is 1.39. The molecule has 0 aliphatic carbocycles. The highest BCUT2D eigenvalue weighted by Crippen LogP contribution is 2.26. The molecule has 1 aromatic carbocycles. The van der Waals surface area contributed by atoms with Crippen molar-refractivity contribution in [2.45, 2.75) is 12.6 Å². The van der Waals surface area contributed by atoms with Crippen molar-refractivity contribution in [1.29, 1.82) is 0 Å². The molecule has 0 aromatic heterocycles. The van der Waals surface area contributed by atoms with Crippen molar-refractivity contribution in [2.24, 2.45) is 5.92 Å². The van der Waals surface area contributed by atoms with E-state index in [0.717, 1.165) is 25.4 Å². The minimum atomic E-state index is -3.15. The van der Waals surface area contributed by atoms with Crippen LogP contribution in [0.3, 0.4) is 0 Å². The molecule has 7 heteroatoms. The number of rotatable bonds is 4. The fourth-order valence-electron chi connectivity index (χ4n) is 3.41. The van der Waals surface area contributed by atoms with E-state index in [4.69, 9.17) is 9.47 Å². The quantitative estimate of drug-likeness (QED) is 0.811. The van der Waals surface area contributed by atoms with Crippen molar-refractivity contribution in [3.05, 3.63) is 29.8 Å². The van der Waals surface area contributed by atoms with Crippen LogP contribution in [0, 0.1) is 5.92 Å². The highest BCUT2D eigenvalue weighted by molar-refractivity contribution is 7.88. The minimum Gasteiger partial charge on any atom is -0.497 e. The SMILES string of the molecule is COc1cccc(CN2C[C@@H]3CN(S(C)(=O)=O)CCO[C@@H]3C2)c1. The molecule has 2 heterocycles. The predicted octanol–water partition coefficient (Wildman–Crippen LogP) is 0.787. The van der Waals surface area contributed by atoms with Crippen LogP contribution in [0.1, 0.15) is 5.56 Å². The van der Waals surface area contributed by atoms with Gasteiger partial charge in [-0.2, -0.15) is 4.31 Å². The number of fused-ring (bicyclic) bond motifs is 1. The lowest BCUT2D eigenvalue weighted by atomic mass is 10.1. The molecule has 0 spiro atoms. The molecule has 2 aliphatic heterocycles. The lowest BCUT2D eigenvalue weighted by Crippen LogP contribution is -2.36. The van der Waals surface area contributed by atoms with Crippen molar-refractivity contribution >= 4 is 10.0 Å². The Morgan fingerprint density at radius 3 is 2.87 bits per heavy atom. The molecule has 1 aromatic rings. The number of nitrogens with zero attached hydrogens (tertiary/aromatic N) is 2. The first-order valence-electron chi connectivity index (χ1n) is 7.88. The molecule has 0 bridgehead atoms. The summed E-state index contributed by atoms with van der Waals surface area (Å²) in [5, 5.41) is 0. The van der Waals surface area contributed by atoms with Gasteiger partial charge in [-0.1, -0.05) is 12.1 Å². The fourth-order valence-corrected chi connectivity index (χ4v) is 4.28. The maximum atomic E-state index is 11.8. The molecular weight excluding hydrogens is 316 g/mol. The van der Waals surface area contributed by atoms with E-state index < -0.39 is 10.0 Å². The Hall–Kier alpha value is -1.15. The van der Waals surface area contributed by atoms with Crippen molar-refractivity contribution in [3.8, 4) is 5.75 Å². The first kappa shape index (κ1) is 16.7. The second kappa shape index (κ2) is 6.76. The first-order valence-corrected chi connectivity index (χ1v) is 9.72. The van der Waals surface area contributed by atoms with E-state index in [1.165, 1.54) is 11.8 Å². The number of benzene rings is 1. The van der Waals surface area contributed by atoms with Crippen LogP contribution >= 0.6 is 0 Å². The fraction of sp³-hybridized carbons (Fsp3) is 0.625. The first-order chi connectivity index (χ1) is 11.0. The Morgan fingerprint density at radius 2 is 2.13 bits per heavy atom. The zero-order valence-electron chi connectivity index (χ0n) is 13.6. The molecule has 3 rings (SSSR count). The lowest BCUT2D eigenvalue weighted by molar-refractivity contribution is 0.0518. The van der Waals surface area contributed by atoms with Crippen molar-refractivity contribution < 1.29 is 17.9 Å². The number of hydrogen-bond acceptors (Lipinski definition) is 5. The Bertz CT molecular complexity index is 649. The lowest BCUT2D eigenvalue weighted by Gasteiger charge is -2.21. The third-order valence-corrected chi connectivity index (χ3v) is 5.85. The third kappa shape index (κ3) is 4.03. The van der Waals surface area contributed by atoms with Crippen LogP contribution in [-0.4, -0.2) is 69.9 Å². The molecule has 0 amide bonds. The van der Waals surface area contributed by atoms with Crippen LogP contribution in [0.4, 0.5) is 0 Å². The Balaban J connectivity index is 1.65. The molecular formula is C16H24N2O4S. The van der Waals surface area contributed by atoms with E-state index >= 15 is 0 Å². The number of hydrogen-bond donors (Lipinski definition) is 0. The topological polar surface area (TPSA) is 59.1 Å². The average molecular weight is 340 g/mol. The van der Waals surface area contributed by atoms with Gasteiger partial charge in [-0.05, 0) is 17.7 Å². The largest absolute Gasteiger partial charge is 0.497 e. The number of ether oxygens (including phenoxy) is 2. The van der Waals surface area contributed by atoms with Gasteiger partial charge in [0.05, 0.1) is 26.1 Å². The summed E-state index contributed by atoms with van der Waals surface area (Å²) < 4.78 is 36.3. The van der Waals surface area contributed by atoms with E-state index in [-0.39, 0.29) is 12.0 Å². The molecule has 0 saturated carbocycles. The van der Waals surface area contributed by atoms with Crippen LogP contribution in [-0.2, 0) is 21.3 Å².